The van der Waals surface area contributed by atoms with Crippen molar-refractivity contribution in [2.75, 3.05) is 6.54 Å². The van der Waals surface area contributed by atoms with Crippen LogP contribution in [0.3, 0.4) is 0 Å². The van der Waals surface area contributed by atoms with Gasteiger partial charge in [0.1, 0.15) is 12.4 Å². The summed E-state index contributed by atoms with van der Waals surface area (Å²) in [4.78, 5) is 37.6. The second-order valence-corrected chi connectivity index (χ2v) is 8.42. The minimum atomic E-state index is -0.966. The number of amides is 2. The van der Waals surface area contributed by atoms with Crippen molar-refractivity contribution in [1.82, 2.24) is 4.90 Å². The number of thioether (sulfide) groups is 1. The van der Waals surface area contributed by atoms with E-state index >= 15 is 0 Å². The topological polar surface area (TPSA) is 83.9 Å². The summed E-state index contributed by atoms with van der Waals surface area (Å²) in [5.74, 6) is -0.594. The minimum absolute atomic E-state index is 0.229. The van der Waals surface area contributed by atoms with Crippen LogP contribution in [0.5, 0.6) is 5.75 Å². The maximum atomic E-state index is 12.7. The molecule has 0 saturated carbocycles. The lowest BCUT2D eigenvalue weighted by Crippen LogP contribution is -2.30. The smallest absolute Gasteiger partial charge is 0.335 e. The number of imide groups is 1. The Kier molecular flexibility index (Phi) is 6.90. The standard InChI is InChI=1S/C26H21NO5S/c28-24-23(33-26(31)27(24)15-14-18-4-2-1-3-5-18)16-19-8-12-22(13-9-19)32-17-20-6-10-21(11-7-20)25(29)30/h1-13,16H,14-15,17H2,(H,29,30)/b23-16-. The van der Waals surface area contributed by atoms with Gasteiger partial charge in [0.05, 0.1) is 10.5 Å². The van der Waals surface area contributed by atoms with E-state index in [1.165, 1.54) is 17.0 Å². The van der Waals surface area contributed by atoms with Gasteiger partial charge in [-0.3, -0.25) is 14.5 Å². The van der Waals surface area contributed by atoms with Gasteiger partial charge in [-0.1, -0.05) is 54.6 Å². The van der Waals surface area contributed by atoms with Crippen LogP contribution in [0.15, 0.2) is 83.8 Å². The Morgan fingerprint density at radius 1 is 0.909 bits per heavy atom. The molecule has 1 aliphatic heterocycles. The van der Waals surface area contributed by atoms with Crippen LogP contribution in [0, 0.1) is 0 Å². The van der Waals surface area contributed by atoms with Crippen molar-refractivity contribution >= 4 is 35.0 Å². The number of hydrogen-bond acceptors (Lipinski definition) is 5. The van der Waals surface area contributed by atoms with E-state index < -0.39 is 5.97 Å². The van der Waals surface area contributed by atoms with Crippen molar-refractivity contribution in [3.05, 3.63) is 106 Å². The van der Waals surface area contributed by atoms with Crippen molar-refractivity contribution in [3.8, 4) is 5.75 Å². The van der Waals surface area contributed by atoms with E-state index in [2.05, 4.69) is 0 Å². The maximum Gasteiger partial charge on any atom is 0.335 e. The summed E-state index contributed by atoms with van der Waals surface area (Å²) in [6.07, 6.45) is 2.33. The van der Waals surface area contributed by atoms with Crippen LogP contribution < -0.4 is 4.74 Å². The van der Waals surface area contributed by atoms with E-state index in [9.17, 15) is 14.4 Å². The number of carboxylic acid groups (broad SMARTS) is 1. The molecule has 1 saturated heterocycles. The number of ether oxygens (including phenoxy) is 1. The summed E-state index contributed by atoms with van der Waals surface area (Å²) >= 11 is 0.952. The lowest BCUT2D eigenvalue weighted by Gasteiger charge is -2.12. The van der Waals surface area contributed by atoms with E-state index in [1.54, 1.807) is 30.3 Å². The Balaban J connectivity index is 1.34. The predicted molar refractivity (Wildman–Crippen MR) is 127 cm³/mol. The normalized spacial score (nSPS) is 14.7. The molecular weight excluding hydrogens is 438 g/mol. The second-order valence-electron chi connectivity index (χ2n) is 7.43. The average Bonchev–Trinajstić information content (AvgIpc) is 3.10. The number of hydrogen-bond donors (Lipinski definition) is 1. The number of rotatable bonds is 8. The third-order valence-electron chi connectivity index (χ3n) is 5.12. The molecule has 2 amide bonds. The molecular formula is C26H21NO5S. The van der Waals surface area contributed by atoms with Gasteiger partial charge in [-0.05, 0) is 65.2 Å². The lowest BCUT2D eigenvalue weighted by atomic mass is 10.1. The Morgan fingerprint density at radius 2 is 1.61 bits per heavy atom. The molecule has 0 spiro atoms. The molecule has 0 bridgehead atoms. The molecule has 1 fully saturated rings. The van der Waals surface area contributed by atoms with E-state index in [0.29, 0.717) is 30.2 Å². The van der Waals surface area contributed by atoms with Gasteiger partial charge in [-0.25, -0.2) is 4.79 Å². The van der Waals surface area contributed by atoms with Crippen molar-refractivity contribution in [1.29, 1.82) is 0 Å². The first-order chi connectivity index (χ1) is 16.0. The number of benzene rings is 3. The summed E-state index contributed by atoms with van der Waals surface area (Å²) < 4.78 is 5.74. The molecule has 3 aromatic rings. The van der Waals surface area contributed by atoms with Gasteiger partial charge in [-0.2, -0.15) is 0 Å². The summed E-state index contributed by atoms with van der Waals surface area (Å²) in [6.45, 7) is 0.659. The third-order valence-corrected chi connectivity index (χ3v) is 6.03. The van der Waals surface area contributed by atoms with Crippen LogP contribution in [0.25, 0.3) is 6.08 Å². The highest BCUT2D eigenvalue weighted by molar-refractivity contribution is 8.18. The highest BCUT2D eigenvalue weighted by Crippen LogP contribution is 2.32. The highest BCUT2D eigenvalue weighted by Gasteiger charge is 2.34. The first-order valence-electron chi connectivity index (χ1n) is 10.3. The summed E-state index contributed by atoms with van der Waals surface area (Å²) in [7, 11) is 0. The highest BCUT2D eigenvalue weighted by atomic mass is 32.2. The number of nitrogens with zero attached hydrogens (tertiary/aromatic N) is 1. The van der Waals surface area contributed by atoms with E-state index in [1.807, 2.05) is 42.5 Å². The van der Waals surface area contributed by atoms with Crippen LogP contribution in [0.2, 0.25) is 0 Å². The largest absolute Gasteiger partial charge is 0.489 e. The van der Waals surface area contributed by atoms with E-state index in [4.69, 9.17) is 9.84 Å². The zero-order chi connectivity index (χ0) is 23.2. The second kappa shape index (κ2) is 10.2. The van der Waals surface area contributed by atoms with Gasteiger partial charge in [-0.15, -0.1) is 0 Å². The van der Waals surface area contributed by atoms with Gasteiger partial charge in [0.15, 0.2) is 0 Å². The zero-order valence-corrected chi connectivity index (χ0v) is 18.5. The fourth-order valence-electron chi connectivity index (χ4n) is 3.30. The quantitative estimate of drug-likeness (QED) is 0.464. The van der Waals surface area contributed by atoms with Crippen LogP contribution in [-0.2, 0) is 17.8 Å². The number of aromatic carboxylic acids is 1. The average molecular weight is 460 g/mol. The first kappa shape index (κ1) is 22.4. The molecule has 0 radical (unpaired) electrons. The number of carbonyl (C=O) groups excluding carboxylic acids is 2. The molecule has 3 aromatic carbocycles. The molecule has 166 valence electrons. The van der Waals surface area contributed by atoms with Gasteiger partial charge < -0.3 is 9.84 Å². The molecule has 1 N–H and O–H groups in total. The molecule has 33 heavy (non-hydrogen) atoms. The van der Waals surface area contributed by atoms with Crippen molar-refractivity contribution < 1.29 is 24.2 Å². The molecule has 0 atom stereocenters. The Hall–Kier alpha value is -3.84. The minimum Gasteiger partial charge on any atom is -0.489 e. The fourth-order valence-corrected chi connectivity index (χ4v) is 4.17. The van der Waals surface area contributed by atoms with Crippen LogP contribution in [0.1, 0.15) is 27.0 Å². The Bertz CT molecular complexity index is 1190. The molecule has 7 heteroatoms. The van der Waals surface area contributed by atoms with Crippen LogP contribution >= 0.6 is 11.8 Å². The number of carboxylic acids is 1. The summed E-state index contributed by atoms with van der Waals surface area (Å²) in [5, 5.41) is 8.70. The molecule has 0 aromatic heterocycles. The van der Waals surface area contributed by atoms with Crippen LogP contribution in [-0.4, -0.2) is 33.7 Å². The van der Waals surface area contributed by atoms with Crippen molar-refractivity contribution in [2.45, 2.75) is 13.0 Å². The SMILES string of the molecule is O=C(O)c1ccc(COc2ccc(/C=C3\SC(=O)N(CCc4ccccc4)C3=O)cc2)cc1. The predicted octanol–water partition coefficient (Wildman–Crippen LogP) is 5.24. The fraction of sp³-hybridized carbons (Fsp3) is 0.115. The molecule has 6 nitrogen and oxygen atoms in total. The van der Waals surface area contributed by atoms with E-state index in [0.717, 1.165) is 28.5 Å². The zero-order valence-electron chi connectivity index (χ0n) is 17.6. The van der Waals surface area contributed by atoms with Gasteiger partial charge >= 0.3 is 5.97 Å². The molecule has 1 heterocycles. The summed E-state index contributed by atoms with van der Waals surface area (Å²) in [6, 6.07) is 23.5. The van der Waals surface area contributed by atoms with Crippen molar-refractivity contribution in [2.24, 2.45) is 0 Å². The monoisotopic (exact) mass is 459 g/mol. The summed E-state index contributed by atoms with van der Waals surface area (Å²) in [5.41, 5.74) is 2.96. The Morgan fingerprint density at radius 3 is 2.27 bits per heavy atom. The first-order valence-corrected chi connectivity index (χ1v) is 11.2. The third kappa shape index (κ3) is 5.70. The lowest BCUT2D eigenvalue weighted by molar-refractivity contribution is -0.122. The molecule has 0 aliphatic carbocycles. The maximum absolute atomic E-state index is 12.7. The van der Waals surface area contributed by atoms with Gasteiger partial charge in [0.2, 0.25) is 0 Å². The number of carbonyl (C=O) groups is 3. The Labute approximate surface area is 195 Å². The van der Waals surface area contributed by atoms with Crippen molar-refractivity contribution in [3.63, 3.8) is 0 Å². The van der Waals surface area contributed by atoms with Crippen LogP contribution in [0.4, 0.5) is 4.79 Å². The van der Waals surface area contributed by atoms with Gasteiger partial charge in [0.25, 0.3) is 11.1 Å². The molecule has 1 aliphatic rings. The molecule has 4 rings (SSSR count). The molecule has 0 unspecified atom stereocenters. The van der Waals surface area contributed by atoms with E-state index in [-0.39, 0.29) is 16.7 Å². The van der Waals surface area contributed by atoms with Gasteiger partial charge in [0, 0.05) is 6.54 Å².